The van der Waals surface area contributed by atoms with Crippen LogP contribution in [0.1, 0.15) is 25.5 Å². The van der Waals surface area contributed by atoms with Crippen molar-refractivity contribution in [3.63, 3.8) is 0 Å². The molecule has 0 bridgehead atoms. The van der Waals surface area contributed by atoms with E-state index in [1.54, 1.807) is 24.2 Å². The van der Waals surface area contributed by atoms with Crippen LogP contribution in [0.3, 0.4) is 0 Å². The number of carbonyl (C=O) groups excluding carboxylic acids is 1. The van der Waals surface area contributed by atoms with Crippen LogP contribution < -0.4 is 10.6 Å². The van der Waals surface area contributed by atoms with Crippen molar-refractivity contribution in [2.24, 2.45) is 0 Å². The molecule has 2 atom stereocenters. The predicted octanol–water partition coefficient (Wildman–Crippen LogP) is 3.48. The highest BCUT2D eigenvalue weighted by Gasteiger charge is 2.16. The second-order valence-electron chi connectivity index (χ2n) is 5.11. The molecule has 0 aliphatic carbocycles. The number of thioether (sulfide) groups is 1. The molecule has 2 aromatic rings. The molecule has 116 valence electrons. The van der Waals surface area contributed by atoms with Crippen LogP contribution in [-0.4, -0.2) is 23.2 Å². The first-order valence-electron chi connectivity index (χ1n) is 7.21. The zero-order valence-corrected chi connectivity index (χ0v) is 13.9. The Bertz CT molecular complexity index is 601. The van der Waals surface area contributed by atoms with E-state index in [1.807, 2.05) is 56.5 Å². The van der Waals surface area contributed by atoms with E-state index in [0.29, 0.717) is 0 Å². The van der Waals surface area contributed by atoms with Crippen molar-refractivity contribution < 1.29 is 4.79 Å². The van der Waals surface area contributed by atoms with Gasteiger partial charge in [0.15, 0.2) is 0 Å². The van der Waals surface area contributed by atoms with Crippen molar-refractivity contribution in [1.82, 2.24) is 10.3 Å². The third kappa shape index (κ3) is 4.58. The molecule has 2 N–H and O–H groups in total. The fraction of sp³-hybridized carbons (Fsp3) is 0.294. The molecule has 5 heteroatoms. The van der Waals surface area contributed by atoms with E-state index in [1.165, 1.54) is 4.90 Å². The quantitative estimate of drug-likeness (QED) is 0.801. The summed E-state index contributed by atoms with van der Waals surface area (Å²) in [6.07, 6.45) is 5.54. The largest absolute Gasteiger partial charge is 0.325 e. The molecule has 0 spiro atoms. The number of nitrogens with zero attached hydrogens (tertiary/aromatic N) is 1. The maximum atomic E-state index is 12.2. The molecular weight excluding hydrogens is 294 g/mol. The molecule has 0 aliphatic heterocycles. The Morgan fingerprint density at radius 3 is 2.32 bits per heavy atom. The summed E-state index contributed by atoms with van der Waals surface area (Å²) in [7, 11) is 0. The molecule has 22 heavy (non-hydrogen) atoms. The summed E-state index contributed by atoms with van der Waals surface area (Å²) in [4.78, 5) is 17.4. The van der Waals surface area contributed by atoms with Gasteiger partial charge in [0.1, 0.15) is 0 Å². The Kier molecular flexibility index (Phi) is 5.98. The number of aromatic nitrogens is 1. The first-order chi connectivity index (χ1) is 10.6. The third-order valence-corrected chi connectivity index (χ3v) is 4.20. The van der Waals surface area contributed by atoms with Gasteiger partial charge in [-0.3, -0.25) is 15.1 Å². The predicted molar refractivity (Wildman–Crippen MR) is 92.1 cm³/mol. The monoisotopic (exact) mass is 315 g/mol. The molecule has 0 radical (unpaired) electrons. The van der Waals surface area contributed by atoms with Crippen molar-refractivity contribution in [2.75, 3.05) is 11.6 Å². The smallest absolute Gasteiger partial charge is 0.241 e. The highest BCUT2D eigenvalue weighted by Crippen LogP contribution is 2.18. The van der Waals surface area contributed by atoms with Crippen molar-refractivity contribution >= 4 is 23.4 Å². The van der Waals surface area contributed by atoms with Crippen molar-refractivity contribution in [2.45, 2.75) is 30.8 Å². The van der Waals surface area contributed by atoms with Crippen molar-refractivity contribution in [3.05, 3.63) is 54.4 Å². The number of anilines is 1. The highest BCUT2D eigenvalue weighted by molar-refractivity contribution is 7.98. The highest BCUT2D eigenvalue weighted by atomic mass is 32.2. The van der Waals surface area contributed by atoms with E-state index < -0.39 is 0 Å². The maximum absolute atomic E-state index is 12.2. The van der Waals surface area contributed by atoms with Gasteiger partial charge in [0.2, 0.25) is 5.91 Å². The molecule has 1 heterocycles. The first kappa shape index (κ1) is 16.5. The lowest BCUT2D eigenvalue weighted by Gasteiger charge is -2.20. The molecule has 0 unspecified atom stereocenters. The van der Waals surface area contributed by atoms with Gasteiger partial charge in [-0.25, -0.2) is 0 Å². The second-order valence-corrected chi connectivity index (χ2v) is 5.99. The van der Waals surface area contributed by atoms with E-state index in [-0.39, 0.29) is 18.0 Å². The number of amides is 1. The van der Waals surface area contributed by atoms with Crippen molar-refractivity contribution in [3.8, 4) is 0 Å². The van der Waals surface area contributed by atoms with Crippen LogP contribution in [-0.2, 0) is 4.79 Å². The van der Waals surface area contributed by atoms with E-state index in [9.17, 15) is 4.79 Å². The third-order valence-electron chi connectivity index (χ3n) is 3.46. The van der Waals surface area contributed by atoms with Gasteiger partial charge in [0.05, 0.1) is 6.04 Å². The zero-order valence-electron chi connectivity index (χ0n) is 13.0. The number of rotatable bonds is 6. The molecule has 0 saturated heterocycles. The van der Waals surface area contributed by atoms with E-state index in [4.69, 9.17) is 0 Å². The molecule has 0 saturated carbocycles. The van der Waals surface area contributed by atoms with Gasteiger partial charge in [-0.2, -0.15) is 0 Å². The van der Waals surface area contributed by atoms with E-state index >= 15 is 0 Å². The van der Waals surface area contributed by atoms with Crippen molar-refractivity contribution in [1.29, 1.82) is 0 Å². The summed E-state index contributed by atoms with van der Waals surface area (Å²) in [5.74, 6) is -0.0437. The molecule has 0 fully saturated rings. The summed E-state index contributed by atoms with van der Waals surface area (Å²) in [6, 6.07) is 11.5. The number of nitrogens with one attached hydrogen (secondary N) is 2. The molecule has 1 aromatic carbocycles. The molecule has 0 aliphatic rings. The fourth-order valence-electron chi connectivity index (χ4n) is 2.12. The van der Waals surface area contributed by atoms with Crippen LogP contribution in [0, 0.1) is 0 Å². The van der Waals surface area contributed by atoms with Crippen LogP contribution in [0.4, 0.5) is 5.69 Å². The maximum Gasteiger partial charge on any atom is 0.241 e. The number of pyridine rings is 1. The van der Waals surface area contributed by atoms with Crippen LogP contribution in [0.25, 0.3) is 0 Å². The van der Waals surface area contributed by atoms with Crippen LogP contribution >= 0.6 is 11.8 Å². The molecule has 1 amide bonds. The van der Waals surface area contributed by atoms with Gasteiger partial charge < -0.3 is 5.32 Å². The van der Waals surface area contributed by atoms with Gasteiger partial charge in [0, 0.05) is 29.0 Å². The standard InChI is InChI=1S/C17H21N3OS/c1-12(14-8-10-18-11-9-14)19-13(2)17(21)20-15-4-6-16(22-3)7-5-15/h4-13,19H,1-3H3,(H,20,21)/t12-,13-/m1/s1. The number of carbonyl (C=O) groups is 1. The summed E-state index contributed by atoms with van der Waals surface area (Å²) in [5.41, 5.74) is 1.92. The Morgan fingerprint density at radius 1 is 1.09 bits per heavy atom. The van der Waals surface area contributed by atoms with Gasteiger partial charge in [-0.05, 0) is 62.1 Å². The zero-order chi connectivity index (χ0) is 15.9. The lowest BCUT2D eigenvalue weighted by molar-refractivity contribution is -0.117. The van der Waals surface area contributed by atoms with Gasteiger partial charge in [-0.1, -0.05) is 0 Å². The van der Waals surface area contributed by atoms with Crippen LogP contribution in [0.2, 0.25) is 0 Å². The number of hydrogen-bond donors (Lipinski definition) is 2. The Labute approximate surface area is 135 Å². The average Bonchev–Trinajstić information content (AvgIpc) is 2.56. The lowest BCUT2D eigenvalue weighted by atomic mass is 10.1. The van der Waals surface area contributed by atoms with Crippen LogP contribution in [0.5, 0.6) is 0 Å². The SMILES string of the molecule is CSc1ccc(NC(=O)[C@@H](C)N[C@H](C)c2ccncc2)cc1. The summed E-state index contributed by atoms with van der Waals surface area (Å²) >= 11 is 1.68. The molecular formula is C17H21N3OS. The van der Waals surface area contributed by atoms with Gasteiger partial charge in [-0.15, -0.1) is 11.8 Å². The average molecular weight is 315 g/mol. The molecule has 4 nitrogen and oxygen atoms in total. The summed E-state index contributed by atoms with van der Waals surface area (Å²) in [6.45, 7) is 3.90. The van der Waals surface area contributed by atoms with Crippen LogP contribution in [0.15, 0.2) is 53.7 Å². The fourth-order valence-corrected chi connectivity index (χ4v) is 2.53. The second kappa shape index (κ2) is 7.96. The number of hydrogen-bond acceptors (Lipinski definition) is 4. The van der Waals surface area contributed by atoms with E-state index in [0.717, 1.165) is 11.3 Å². The van der Waals surface area contributed by atoms with Gasteiger partial charge >= 0.3 is 0 Å². The molecule has 1 aromatic heterocycles. The Hall–Kier alpha value is -1.85. The molecule has 2 rings (SSSR count). The topological polar surface area (TPSA) is 54.0 Å². The minimum Gasteiger partial charge on any atom is -0.325 e. The Morgan fingerprint density at radius 2 is 1.73 bits per heavy atom. The van der Waals surface area contributed by atoms with E-state index in [2.05, 4.69) is 15.6 Å². The minimum atomic E-state index is -0.289. The summed E-state index contributed by atoms with van der Waals surface area (Å²) < 4.78 is 0. The normalized spacial score (nSPS) is 13.4. The Balaban J connectivity index is 1.91. The summed E-state index contributed by atoms with van der Waals surface area (Å²) in [5, 5.41) is 6.22. The van der Waals surface area contributed by atoms with Gasteiger partial charge in [0.25, 0.3) is 0 Å². The number of benzene rings is 1. The minimum absolute atomic E-state index is 0.0437. The lowest BCUT2D eigenvalue weighted by Crippen LogP contribution is -2.39. The first-order valence-corrected chi connectivity index (χ1v) is 8.43.